The number of pyridine rings is 1. The fraction of sp³-hybridized carbons (Fsp3) is 0.188. The first kappa shape index (κ1) is 16.0. The fourth-order valence-electron chi connectivity index (χ4n) is 2.59. The number of aromatic nitrogens is 5. The third-order valence-electron chi connectivity index (χ3n) is 3.88. The molecule has 26 heavy (non-hydrogen) atoms. The van der Waals surface area contributed by atoms with E-state index in [0.717, 1.165) is 22.7 Å². The number of nitrogens with one attached hydrogen (secondary N) is 2. The van der Waals surface area contributed by atoms with Gasteiger partial charge in [-0.1, -0.05) is 0 Å². The first-order valence-electron chi connectivity index (χ1n) is 7.93. The van der Waals surface area contributed by atoms with Crippen LogP contribution in [0, 0.1) is 5.53 Å². The lowest BCUT2D eigenvalue weighted by Crippen LogP contribution is -2.21. The predicted molar refractivity (Wildman–Crippen MR) is 94.1 cm³/mol. The van der Waals surface area contributed by atoms with E-state index < -0.39 is 0 Å². The van der Waals surface area contributed by atoms with Gasteiger partial charge in [0.1, 0.15) is 0 Å². The monoisotopic (exact) mass is 349 g/mol. The molecule has 0 unspecified atom stereocenters. The number of anilines is 1. The fourth-order valence-corrected chi connectivity index (χ4v) is 2.59. The van der Waals surface area contributed by atoms with Crippen LogP contribution in [-0.2, 0) is 6.54 Å². The molecule has 0 bridgehead atoms. The third-order valence-corrected chi connectivity index (χ3v) is 3.88. The summed E-state index contributed by atoms with van der Waals surface area (Å²) in [5.74, 6) is 1.32. The molecule has 1 aliphatic heterocycles. The molecule has 4 rings (SSSR count). The molecule has 0 aromatic carbocycles. The van der Waals surface area contributed by atoms with Gasteiger partial charge in [0.2, 0.25) is 5.82 Å². The van der Waals surface area contributed by atoms with Crippen LogP contribution in [0.2, 0.25) is 0 Å². The van der Waals surface area contributed by atoms with Crippen molar-refractivity contribution in [1.82, 2.24) is 24.7 Å². The van der Waals surface area contributed by atoms with Crippen molar-refractivity contribution in [1.29, 1.82) is 5.53 Å². The van der Waals surface area contributed by atoms with Gasteiger partial charge in [-0.2, -0.15) is 5.10 Å². The van der Waals surface area contributed by atoms with Crippen molar-refractivity contribution in [2.45, 2.75) is 6.54 Å². The van der Waals surface area contributed by atoms with Gasteiger partial charge in [-0.15, -0.1) is 5.11 Å². The standard InChI is InChI=1S/C16H15N9O/c17-24-16-15(19-8-13-11-2-1-3-18-14(11)23-13)22-12(7-20-16)10-6-21-25(9-10)4-5-26/h1-3,6-7,9,17,26H,4-5,8H2,(H,19,22). The van der Waals surface area contributed by atoms with Crippen molar-refractivity contribution in [3.63, 3.8) is 0 Å². The highest BCUT2D eigenvalue weighted by atomic mass is 16.3. The summed E-state index contributed by atoms with van der Waals surface area (Å²) in [6.07, 6.45) is 6.67. The number of hydrogen-bond donors (Lipinski definition) is 3. The molecule has 1 aliphatic rings. The van der Waals surface area contributed by atoms with Gasteiger partial charge in [0.25, 0.3) is 0 Å². The Bertz CT molecular complexity index is 995. The minimum atomic E-state index is 0.00864. The van der Waals surface area contributed by atoms with E-state index in [4.69, 9.17) is 10.6 Å². The maximum Gasteiger partial charge on any atom is 0.216 e. The minimum absolute atomic E-state index is 0.00864. The molecule has 0 radical (unpaired) electrons. The van der Waals surface area contributed by atoms with E-state index in [1.54, 1.807) is 29.5 Å². The Kier molecular flexibility index (Phi) is 4.15. The summed E-state index contributed by atoms with van der Waals surface area (Å²) in [7, 11) is 0. The molecule has 3 aromatic rings. The van der Waals surface area contributed by atoms with E-state index in [0.29, 0.717) is 24.6 Å². The first-order chi connectivity index (χ1) is 12.8. The second-order valence-corrected chi connectivity index (χ2v) is 5.54. The molecule has 0 saturated carbocycles. The Morgan fingerprint density at radius 2 is 2.19 bits per heavy atom. The number of fused-ring (bicyclic) bond motifs is 1. The van der Waals surface area contributed by atoms with Crippen LogP contribution in [0.5, 0.6) is 0 Å². The Hall–Kier alpha value is -3.53. The van der Waals surface area contributed by atoms with Crippen molar-refractivity contribution < 1.29 is 5.11 Å². The van der Waals surface area contributed by atoms with Gasteiger partial charge in [-0.25, -0.2) is 25.5 Å². The van der Waals surface area contributed by atoms with E-state index >= 15 is 0 Å². The molecule has 3 aromatic heterocycles. The summed E-state index contributed by atoms with van der Waals surface area (Å²) in [4.78, 5) is 17.2. The van der Waals surface area contributed by atoms with Gasteiger partial charge in [0.15, 0.2) is 11.6 Å². The molecule has 0 spiro atoms. The maximum absolute atomic E-state index is 8.98. The van der Waals surface area contributed by atoms with Crippen LogP contribution in [0.25, 0.3) is 11.3 Å². The highest BCUT2D eigenvalue weighted by Gasteiger charge is 2.19. The maximum atomic E-state index is 8.98. The second-order valence-electron chi connectivity index (χ2n) is 5.54. The molecular formula is C16H15N9O. The van der Waals surface area contributed by atoms with Crippen LogP contribution >= 0.6 is 0 Å². The summed E-state index contributed by atoms with van der Waals surface area (Å²) >= 11 is 0. The van der Waals surface area contributed by atoms with E-state index in [1.807, 2.05) is 12.1 Å². The van der Waals surface area contributed by atoms with E-state index in [1.165, 1.54) is 0 Å². The Balaban J connectivity index is 1.54. The van der Waals surface area contributed by atoms with Crippen LogP contribution in [0.15, 0.2) is 47.0 Å². The highest BCUT2D eigenvalue weighted by molar-refractivity contribution is 6.13. The summed E-state index contributed by atoms with van der Waals surface area (Å²) in [5.41, 5.74) is 10.5. The summed E-state index contributed by atoms with van der Waals surface area (Å²) in [6.45, 7) is 0.851. The number of aliphatic imine (C=N–C) groups is 1. The van der Waals surface area contributed by atoms with Crippen molar-refractivity contribution >= 4 is 23.2 Å². The Morgan fingerprint density at radius 3 is 3.00 bits per heavy atom. The van der Waals surface area contributed by atoms with Crippen LogP contribution < -0.4 is 5.32 Å². The van der Waals surface area contributed by atoms with Gasteiger partial charge in [-0.3, -0.25) is 4.68 Å². The molecule has 4 heterocycles. The largest absolute Gasteiger partial charge is 0.394 e. The number of rotatable bonds is 7. The third kappa shape index (κ3) is 2.93. The zero-order valence-electron chi connectivity index (χ0n) is 13.7. The number of nitrogens with zero attached hydrogens (tertiary/aromatic N) is 7. The zero-order chi connectivity index (χ0) is 17.9. The summed E-state index contributed by atoms with van der Waals surface area (Å²) in [5, 5.41) is 19.7. The Labute approximate surface area is 148 Å². The SMILES string of the molecule is N=Nc1ncc(-c2cnn(CCO)c2)nc1NCC1=Nc2ncccc21. The molecule has 10 nitrogen and oxygen atoms in total. The lowest BCUT2D eigenvalue weighted by molar-refractivity contribution is 0.269. The van der Waals surface area contributed by atoms with Gasteiger partial charge < -0.3 is 10.4 Å². The predicted octanol–water partition coefficient (Wildman–Crippen LogP) is 1.94. The van der Waals surface area contributed by atoms with Crippen LogP contribution in [0.4, 0.5) is 17.5 Å². The molecule has 0 fully saturated rings. The zero-order valence-corrected chi connectivity index (χ0v) is 13.7. The lowest BCUT2D eigenvalue weighted by Gasteiger charge is -2.17. The van der Waals surface area contributed by atoms with E-state index in [-0.39, 0.29) is 12.4 Å². The Morgan fingerprint density at radius 1 is 1.27 bits per heavy atom. The number of aliphatic hydroxyl groups excluding tert-OH is 1. The van der Waals surface area contributed by atoms with E-state index in [2.05, 4.69) is 35.5 Å². The number of aliphatic hydroxyl groups is 1. The van der Waals surface area contributed by atoms with Crippen LogP contribution in [-0.4, -0.2) is 48.7 Å². The molecule has 130 valence electrons. The second kappa shape index (κ2) is 6.76. The lowest BCUT2D eigenvalue weighted by atomic mass is 10.1. The van der Waals surface area contributed by atoms with Gasteiger partial charge in [0, 0.05) is 23.5 Å². The quantitative estimate of drug-likeness (QED) is 0.557. The molecular weight excluding hydrogens is 334 g/mol. The van der Waals surface area contributed by atoms with Gasteiger partial charge in [-0.05, 0) is 12.1 Å². The van der Waals surface area contributed by atoms with Crippen molar-refractivity contribution in [3.8, 4) is 11.3 Å². The minimum Gasteiger partial charge on any atom is -0.394 e. The van der Waals surface area contributed by atoms with Crippen molar-refractivity contribution in [2.75, 3.05) is 18.5 Å². The van der Waals surface area contributed by atoms with Gasteiger partial charge in [0.05, 0.1) is 43.5 Å². The van der Waals surface area contributed by atoms with Crippen LogP contribution in [0.3, 0.4) is 0 Å². The first-order valence-corrected chi connectivity index (χ1v) is 7.93. The molecule has 10 heteroatoms. The van der Waals surface area contributed by atoms with Crippen molar-refractivity contribution in [3.05, 3.63) is 42.5 Å². The van der Waals surface area contributed by atoms with E-state index in [9.17, 15) is 0 Å². The molecule has 0 saturated heterocycles. The topological polar surface area (TPSA) is 137 Å². The molecule has 0 aliphatic carbocycles. The normalized spacial score (nSPS) is 12.1. The van der Waals surface area contributed by atoms with Gasteiger partial charge >= 0.3 is 0 Å². The summed E-state index contributed by atoms with van der Waals surface area (Å²) < 4.78 is 1.62. The average Bonchev–Trinajstić information content (AvgIpc) is 3.11. The average molecular weight is 349 g/mol. The van der Waals surface area contributed by atoms with Crippen molar-refractivity contribution in [2.24, 2.45) is 10.1 Å². The highest BCUT2D eigenvalue weighted by Crippen LogP contribution is 2.28. The molecule has 0 amide bonds. The number of hydrogen-bond acceptors (Lipinski definition) is 9. The molecule has 0 atom stereocenters. The smallest absolute Gasteiger partial charge is 0.216 e. The summed E-state index contributed by atoms with van der Waals surface area (Å²) in [6, 6.07) is 3.82. The van der Waals surface area contributed by atoms with Crippen LogP contribution in [0.1, 0.15) is 5.56 Å². The molecule has 3 N–H and O–H groups in total.